The summed E-state index contributed by atoms with van der Waals surface area (Å²) in [5, 5.41) is 1.29. The number of hydrogen-bond acceptors (Lipinski definition) is 1. The molecule has 0 amide bonds. The summed E-state index contributed by atoms with van der Waals surface area (Å²) >= 11 is 6.44. The molecule has 3 heteroatoms. The Labute approximate surface area is 89.2 Å². The maximum absolute atomic E-state index is 6.44. The molecule has 0 saturated heterocycles. The molecule has 2 unspecified atom stereocenters. The summed E-state index contributed by atoms with van der Waals surface area (Å²) in [4.78, 5) is 0. The van der Waals surface area contributed by atoms with E-state index in [1.165, 1.54) is 5.20 Å². The molecule has 0 aliphatic carbocycles. The molecule has 0 aliphatic rings. The minimum Gasteiger partial charge on any atom is -0.311 e. The van der Waals surface area contributed by atoms with E-state index in [1.54, 1.807) is 0 Å². The zero-order valence-electron chi connectivity index (χ0n) is 9.31. The molecule has 0 spiro atoms. The molecule has 0 rings (SSSR count). The van der Waals surface area contributed by atoms with Crippen LogP contribution in [0.3, 0.4) is 0 Å². The summed E-state index contributed by atoms with van der Waals surface area (Å²) in [5.41, 5.74) is 0. The number of halogens is 1. The molecular formula is C10H22ClNSi. The highest BCUT2D eigenvalue weighted by Gasteiger charge is 2.21. The van der Waals surface area contributed by atoms with Crippen molar-refractivity contribution >= 4 is 19.3 Å². The summed E-state index contributed by atoms with van der Waals surface area (Å²) in [6.07, 6.45) is 1.15. The fourth-order valence-electron chi connectivity index (χ4n) is 1.28. The molecule has 0 heterocycles. The number of hydrogen-bond donors (Lipinski definition) is 0. The van der Waals surface area contributed by atoms with Crippen LogP contribution >= 0.6 is 11.1 Å². The summed E-state index contributed by atoms with van der Waals surface area (Å²) in [5.74, 6) is 0.578. The van der Waals surface area contributed by atoms with Crippen LogP contribution in [-0.2, 0) is 0 Å². The summed E-state index contributed by atoms with van der Waals surface area (Å²) in [7, 11) is -1.38. The van der Waals surface area contributed by atoms with Gasteiger partial charge in [-0.1, -0.05) is 39.3 Å². The lowest BCUT2D eigenvalue weighted by Crippen LogP contribution is -2.38. The molecule has 0 fully saturated rings. The van der Waals surface area contributed by atoms with Crippen LogP contribution in [0.1, 0.15) is 34.1 Å². The standard InChI is InChI=1S/C10H22ClNSi/c1-6-9(4)10(5)13(11)12(7-2)8-3/h9,13H,5-8H2,1-4H3. The van der Waals surface area contributed by atoms with Crippen LogP contribution in [0.4, 0.5) is 0 Å². The maximum atomic E-state index is 6.44. The van der Waals surface area contributed by atoms with Gasteiger partial charge in [0, 0.05) is 0 Å². The summed E-state index contributed by atoms with van der Waals surface area (Å²) in [6, 6.07) is 0. The van der Waals surface area contributed by atoms with Gasteiger partial charge in [-0.3, -0.25) is 0 Å². The first-order valence-electron chi connectivity index (χ1n) is 5.15. The zero-order valence-corrected chi connectivity index (χ0v) is 11.2. The van der Waals surface area contributed by atoms with E-state index in [0.717, 1.165) is 19.5 Å². The molecule has 0 aromatic heterocycles. The Morgan fingerprint density at radius 2 is 1.85 bits per heavy atom. The Morgan fingerprint density at radius 1 is 1.38 bits per heavy atom. The molecule has 0 N–H and O–H groups in total. The fraction of sp³-hybridized carbons (Fsp3) is 0.800. The van der Waals surface area contributed by atoms with Gasteiger partial charge in [0.05, 0.1) is 0 Å². The van der Waals surface area contributed by atoms with Crippen molar-refractivity contribution in [3.8, 4) is 0 Å². The van der Waals surface area contributed by atoms with E-state index in [4.69, 9.17) is 11.1 Å². The molecule has 1 nitrogen and oxygen atoms in total. The molecule has 13 heavy (non-hydrogen) atoms. The first-order chi connectivity index (χ1) is 6.08. The maximum Gasteiger partial charge on any atom is 0.240 e. The Bertz CT molecular complexity index is 157. The predicted octanol–water partition coefficient (Wildman–Crippen LogP) is 2.93. The van der Waals surface area contributed by atoms with Crippen LogP contribution in [0, 0.1) is 5.92 Å². The van der Waals surface area contributed by atoms with Crippen molar-refractivity contribution in [2.45, 2.75) is 34.1 Å². The average molecular weight is 220 g/mol. The van der Waals surface area contributed by atoms with Gasteiger partial charge in [-0.2, -0.15) is 0 Å². The molecule has 0 aromatic carbocycles. The Hall–Kier alpha value is 0.207. The molecule has 0 aromatic rings. The van der Waals surface area contributed by atoms with Gasteiger partial charge in [0.25, 0.3) is 0 Å². The van der Waals surface area contributed by atoms with E-state index in [1.807, 2.05) is 0 Å². The van der Waals surface area contributed by atoms with Crippen molar-refractivity contribution in [1.82, 2.24) is 4.57 Å². The Kier molecular flexibility index (Phi) is 6.74. The third kappa shape index (κ3) is 3.84. The van der Waals surface area contributed by atoms with Gasteiger partial charge in [-0.05, 0) is 19.0 Å². The third-order valence-electron chi connectivity index (χ3n) is 2.68. The molecule has 0 bridgehead atoms. The second kappa shape index (κ2) is 6.63. The lowest BCUT2D eigenvalue weighted by molar-refractivity contribution is 0.487. The highest BCUT2D eigenvalue weighted by molar-refractivity contribution is 7.09. The SMILES string of the molecule is C=C(C(C)CC)[SiH](Cl)N(CC)CC. The minimum atomic E-state index is -1.38. The lowest BCUT2D eigenvalue weighted by Gasteiger charge is -2.27. The topological polar surface area (TPSA) is 3.24 Å². The van der Waals surface area contributed by atoms with Crippen LogP contribution in [0.5, 0.6) is 0 Å². The van der Waals surface area contributed by atoms with E-state index >= 15 is 0 Å². The highest BCUT2D eigenvalue weighted by Crippen LogP contribution is 2.19. The summed E-state index contributed by atoms with van der Waals surface area (Å²) in [6.45, 7) is 15.0. The fourth-order valence-corrected chi connectivity index (χ4v) is 4.56. The summed E-state index contributed by atoms with van der Waals surface area (Å²) < 4.78 is 2.36. The second-order valence-corrected chi connectivity index (χ2v) is 6.82. The van der Waals surface area contributed by atoms with E-state index in [0.29, 0.717) is 5.92 Å². The predicted molar refractivity (Wildman–Crippen MR) is 64.5 cm³/mol. The van der Waals surface area contributed by atoms with Crippen LogP contribution < -0.4 is 0 Å². The second-order valence-electron chi connectivity index (χ2n) is 3.44. The van der Waals surface area contributed by atoms with Gasteiger partial charge < -0.3 is 4.57 Å². The van der Waals surface area contributed by atoms with Crippen molar-refractivity contribution in [3.63, 3.8) is 0 Å². The number of rotatable bonds is 6. The molecular weight excluding hydrogens is 198 g/mol. The van der Waals surface area contributed by atoms with Crippen LogP contribution in [0.25, 0.3) is 0 Å². The van der Waals surface area contributed by atoms with Gasteiger partial charge in [-0.25, -0.2) is 0 Å². The Balaban J connectivity index is 4.22. The Morgan fingerprint density at radius 3 is 2.15 bits per heavy atom. The normalized spacial score (nSPS) is 15.8. The van der Waals surface area contributed by atoms with Crippen LogP contribution in [0.15, 0.2) is 11.8 Å². The van der Waals surface area contributed by atoms with Crippen LogP contribution in [-0.4, -0.2) is 25.9 Å². The number of nitrogens with zero attached hydrogens (tertiary/aromatic N) is 1. The van der Waals surface area contributed by atoms with E-state index in [2.05, 4.69) is 38.8 Å². The smallest absolute Gasteiger partial charge is 0.240 e. The molecule has 0 aliphatic heterocycles. The quantitative estimate of drug-likeness (QED) is 0.491. The molecule has 78 valence electrons. The molecule has 0 radical (unpaired) electrons. The lowest BCUT2D eigenvalue weighted by atomic mass is 10.1. The minimum absolute atomic E-state index is 0.578. The monoisotopic (exact) mass is 219 g/mol. The van der Waals surface area contributed by atoms with Crippen molar-refractivity contribution in [1.29, 1.82) is 0 Å². The van der Waals surface area contributed by atoms with E-state index in [9.17, 15) is 0 Å². The first kappa shape index (κ1) is 13.2. The molecule has 2 atom stereocenters. The van der Waals surface area contributed by atoms with Crippen LogP contribution in [0.2, 0.25) is 0 Å². The zero-order chi connectivity index (χ0) is 10.4. The van der Waals surface area contributed by atoms with Crippen molar-refractivity contribution in [3.05, 3.63) is 11.8 Å². The van der Waals surface area contributed by atoms with Gasteiger partial charge in [0.15, 0.2) is 0 Å². The van der Waals surface area contributed by atoms with Crippen molar-refractivity contribution < 1.29 is 0 Å². The van der Waals surface area contributed by atoms with Gasteiger partial charge in [-0.15, -0.1) is 17.7 Å². The molecule has 0 saturated carbocycles. The highest BCUT2D eigenvalue weighted by atomic mass is 35.6. The first-order valence-corrected chi connectivity index (χ1v) is 7.99. The van der Waals surface area contributed by atoms with Gasteiger partial charge >= 0.3 is 0 Å². The van der Waals surface area contributed by atoms with Crippen molar-refractivity contribution in [2.75, 3.05) is 13.1 Å². The van der Waals surface area contributed by atoms with Crippen molar-refractivity contribution in [2.24, 2.45) is 5.92 Å². The van der Waals surface area contributed by atoms with Gasteiger partial charge in [0.2, 0.25) is 8.27 Å². The largest absolute Gasteiger partial charge is 0.311 e. The average Bonchev–Trinajstić information content (AvgIpc) is 2.17. The number of allylic oxidation sites excluding steroid dienone is 1. The van der Waals surface area contributed by atoms with Gasteiger partial charge in [0.1, 0.15) is 0 Å². The third-order valence-corrected chi connectivity index (χ3v) is 6.91. The van der Waals surface area contributed by atoms with E-state index < -0.39 is 8.27 Å². The van der Waals surface area contributed by atoms with E-state index in [-0.39, 0.29) is 0 Å².